The third-order valence-electron chi connectivity index (χ3n) is 5.24. The van der Waals surface area contributed by atoms with Crippen LogP contribution in [0.25, 0.3) is 11.1 Å². The molecule has 0 saturated heterocycles. The standard InChI is InChI=1S/C23H21Cl2FN4O2/c1-11(2)32-20-15(10-16(24)18(26)17(20)13-4-6-14(31)7-5-13)12(3)23-29-21(25)19-22(27)28-8-9-30(19)23/h4-6,8-12H,7H2,1-3H3,(H2,27,28)/t12-/m0/s1. The number of benzene rings is 1. The van der Waals surface area contributed by atoms with Gasteiger partial charge >= 0.3 is 0 Å². The van der Waals surface area contributed by atoms with Crippen molar-refractivity contribution in [3.8, 4) is 5.75 Å². The Morgan fingerprint density at radius 3 is 2.66 bits per heavy atom. The van der Waals surface area contributed by atoms with Crippen molar-refractivity contribution in [1.82, 2.24) is 14.4 Å². The van der Waals surface area contributed by atoms with E-state index in [2.05, 4.69) is 9.97 Å². The summed E-state index contributed by atoms with van der Waals surface area (Å²) in [5.41, 5.74) is 7.86. The summed E-state index contributed by atoms with van der Waals surface area (Å²) in [4.78, 5) is 20.2. The normalized spacial score (nSPS) is 14.8. The second-order valence-electron chi connectivity index (χ2n) is 7.81. The van der Waals surface area contributed by atoms with Crippen molar-refractivity contribution in [3.05, 3.63) is 69.6 Å². The molecule has 166 valence electrons. The first-order valence-electron chi connectivity index (χ1n) is 10.1. The molecule has 0 aliphatic heterocycles. The quantitative estimate of drug-likeness (QED) is 0.519. The minimum atomic E-state index is -0.608. The largest absolute Gasteiger partial charge is 0.490 e. The van der Waals surface area contributed by atoms with Crippen LogP contribution in [-0.4, -0.2) is 26.3 Å². The third-order valence-corrected chi connectivity index (χ3v) is 5.77. The Balaban J connectivity index is 1.96. The monoisotopic (exact) mass is 474 g/mol. The number of allylic oxidation sites excluding steroid dienone is 4. The molecule has 0 bridgehead atoms. The van der Waals surface area contributed by atoms with E-state index in [1.54, 1.807) is 35.0 Å². The first-order chi connectivity index (χ1) is 15.2. The Hall–Kier alpha value is -2.90. The lowest BCUT2D eigenvalue weighted by Crippen LogP contribution is -2.14. The maximum absolute atomic E-state index is 15.3. The lowest BCUT2D eigenvalue weighted by atomic mass is 9.91. The molecule has 3 aromatic rings. The molecule has 0 saturated carbocycles. The lowest BCUT2D eigenvalue weighted by molar-refractivity contribution is -0.113. The zero-order chi connectivity index (χ0) is 23.2. The van der Waals surface area contributed by atoms with Crippen LogP contribution in [0.4, 0.5) is 10.2 Å². The fraction of sp³-hybridized carbons (Fsp3) is 0.261. The number of hydrogen-bond acceptors (Lipinski definition) is 5. The Labute approximate surface area is 194 Å². The maximum Gasteiger partial charge on any atom is 0.159 e. The fourth-order valence-corrected chi connectivity index (χ4v) is 4.26. The van der Waals surface area contributed by atoms with Crippen LogP contribution < -0.4 is 10.5 Å². The first kappa shape index (κ1) is 22.3. The van der Waals surface area contributed by atoms with Gasteiger partial charge in [0.05, 0.1) is 16.7 Å². The second-order valence-corrected chi connectivity index (χ2v) is 8.57. The number of halogens is 3. The second kappa shape index (κ2) is 8.56. The van der Waals surface area contributed by atoms with Gasteiger partial charge in [-0.1, -0.05) is 42.3 Å². The van der Waals surface area contributed by atoms with Gasteiger partial charge < -0.3 is 10.5 Å². The highest BCUT2D eigenvalue weighted by molar-refractivity contribution is 6.33. The fourth-order valence-electron chi connectivity index (χ4n) is 3.77. The molecule has 6 nitrogen and oxygen atoms in total. The number of carbonyl (C=O) groups is 1. The predicted octanol–water partition coefficient (Wildman–Crippen LogP) is 5.61. The number of ether oxygens (including phenoxy) is 1. The SMILES string of the molecule is CC(C)Oc1c([C@H](C)c2nc(Cl)c3c(N)nccn23)cc(Cl)c(F)c1C1=CCC(=O)C=C1. The van der Waals surface area contributed by atoms with Crippen molar-refractivity contribution in [2.75, 3.05) is 5.73 Å². The van der Waals surface area contributed by atoms with E-state index in [1.807, 2.05) is 20.8 Å². The molecule has 1 aromatic carbocycles. The van der Waals surface area contributed by atoms with Crippen molar-refractivity contribution < 1.29 is 13.9 Å². The van der Waals surface area contributed by atoms with Crippen LogP contribution in [0.5, 0.6) is 5.75 Å². The van der Waals surface area contributed by atoms with E-state index in [0.717, 1.165) is 0 Å². The summed E-state index contributed by atoms with van der Waals surface area (Å²) in [5.74, 6) is 0.113. The molecular formula is C23H21Cl2FN4O2. The molecule has 32 heavy (non-hydrogen) atoms. The van der Waals surface area contributed by atoms with Crippen LogP contribution in [0.1, 0.15) is 50.1 Å². The van der Waals surface area contributed by atoms with E-state index in [4.69, 9.17) is 33.7 Å². The minimum absolute atomic E-state index is 0.0548. The van der Waals surface area contributed by atoms with Gasteiger partial charge in [-0.25, -0.2) is 14.4 Å². The Morgan fingerprint density at radius 2 is 2.00 bits per heavy atom. The number of ketones is 1. The van der Waals surface area contributed by atoms with Crippen LogP contribution in [-0.2, 0) is 4.79 Å². The van der Waals surface area contributed by atoms with Gasteiger partial charge in [-0.05, 0) is 31.6 Å². The number of aromatic nitrogens is 3. The molecule has 2 aromatic heterocycles. The minimum Gasteiger partial charge on any atom is -0.490 e. The molecule has 0 radical (unpaired) electrons. The van der Waals surface area contributed by atoms with E-state index in [-0.39, 0.29) is 39.9 Å². The molecule has 1 aliphatic carbocycles. The predicted molar refractivity (Wildman–Crippen MR) is 124 cm³/mol. The molecule has 2 N–H and O–H groups in total. The first-order valence-corrected chi connectivity index (χ1v) is 10.8. The summed E-state index contributed by atoms with van der Waals surface area (Å²) in [6.07, 6.45) is 7.88. The van der Waals surface area contributed by atoms with E-state index in [1.165, 1.54) is 6.08 Å². The van der Waals surface area contributed by atoms with Gasteiger partial charge in [0.15, 0.2) is 22.6 Å². The Kier molecular flexibility index (Phi) is 5.97. The van der Waals surface area contributed by atoms with Crippen LogP contribution in [0, 0.1) is 5.82 Å². The molecule has 2 heterocycles. The van der Waals surface area contributed by atoms with Crippen LogP contribution in [0.3, 0.4) is 0 Å². The number of nitrogens with two attached hydrogens (primary N) is 1. The van der Waals surface area contributed by atoms with Gasteiger partial charge in [0, 0.05) is 30.3 Å². The van der Waals surface area contributed by atoms with Crippen molar-refractivity contribution in [2.45, 2.75) is 39.2 Å². The number of carbonyl (C=O) groups excluding carboxylic acids is 1. The Morgan fingerprint density at radius 1 is 1.25 bits per heavy atom. The third kappa shape index (κ3) is 3.87. The van der Waals surface area contributed by atoms with Gasteiger partial charge in [0.2, 0.25) is 0 Å². The van der Waals surface area contributed by atoms with Gasteiger partial charge in [0.1, 0.15) is 17.1 Å². The van der Waals surface area contributed by atoms with E-state index >= 15 is 4.39 Å². The zero-order valence-corrected chi connectivity index (χ0v) is 19.2. The highest BCUT2D eigenvalue weighted by Crippen LogP contribution is 2.43. The number of nitrogen functional groups attached to an aromatic ring is 1. The van der Waals surface area contributed by atoms with Crippen molar-refractivity contribution in [1.29, 1.82) is 0 Å². The Bertz CT molecular complexity index is 1300. The number of nitrogens with zero attached hydrogens (tertiary/aromatic N) is 3. The highest BCUT2D eigenvalue weighted by Gasteiger charge is 2.28. The molecule has 0 fully saturated rings. The summed E-state index contributed by atoms with van der Waals surface area (Å²) in [6.45, 7) is 5.61. The lowest BCUT2D eigenvalue weighted by Gasteiger charge is -2.23. The number of rotatable bonds is 5. The van der Waals surface area contributed by atoms with Gasteiger partial charge in [-0.3, -0.25) is 9.20 Å². The van der Waals surface area contributed by atoms with Crippen LogP contribution >= 0.6 is 23.2 Å². The maximum atomic E-state index is 15.3. The summed E-state index contributed by atoms with van der Waals surface area (Å²) < 4.78 is 23.2. The number of imidazole rings is 1. The molecule has 0 unspecified atom stereocenters. The van der Waals surface area contributed by atoms with E-state index in [0.29, 0.717) is 28.2 Å². The molecule has 1 aliphatic rings. The number of anilines is 1. The summed E-state index contributed by atoms with van der Waals surface area (Å²) in [5, 5.41) is 0.158. The topological polar surface area (TPSA) is 82.5 Å². The average molecular weight is 475 g/mol. The van der Waals surface area contributed by atoms with Crippen molar-refractivity contribution in [2.24, 2.45) is 0 Å². The molecule has 9 heteroatoms. The van der Waals surface area contributed by atoms with Crippen molar-refractivity contribution in [3.63, 3.8) is 0 Å². The molecule has 0 amide bonds. The van der Waals surface area contributed by atoms with E-state index in [9.17, 15) is 4.79 Å². The summed E-state index contributed by atoms with van der Waals surface area (Å²) in [6, 6.07) is 1.54. The summed E-state index contributed by atoms with van der Waals surface area (Å²) >= 11 is 12.7. The molecular weight excluding hydrogens is 454 g/mol. The molecule has 4 rings (SSSR count). The molecule has 0 spiro atoms. The zero-order valence-electron chi connectivity index (χ0n) is 17.7. The van der Waals surface area contributed by atoms with Gasteiger partial charge in [-0.2, -0.15) is 0 Å². The van der Waals surface area contributed by atoms with Crippen molar-refractivity contribution >= 4 is 45.9 Å². The van der Waals surface area contributed by atoms with Gasteiger partial charge in [-0.15, -0.1) is 0 Å². The molecule has 1 atom stereocenters. The van der Waals surface area contributed by atoms with E-state index < -0.39 is 11.7 Å². The number of fused-ring (bicyclic) bond motifs is 1. The van der Waals surface area contributed by atoms with Crippen LogP contribution in [0.2, 0.25) is 10.2 Å². The van der Waals surface area contributed by atoms with Gasteiger partial charge in [0.25, 0.3) is 0 Å². The number of hydrogen-bond donors (Lipinski definition) is 1. The van der Waals surface area contributed by atoms with Crippen LogP contribution in [0.15, 0.2) is 36.7 Å². The smallest absolute Gasteiger partial charge is 0.159 e. The average Bonchev–Trinajstić information content (AvgIpc) is 3.09. The summed E-state index contributed by atoms with van der Waals surface area (Å²) in [7, 11) is 0. The highest BCUT2D eigenvalue weighted by atomic mass is 35.5.